The molecule has 4 nitrogen and oxygen atoms in total. The third kappa shape index (κ3) is 2.73. The molecule has 22 heavy (non-hydrogen) atoms. The van der Waals surface area contributed by atoms with E-state index in [9.17, 15) is 5.11 Å². The zero-order valence-electron chi connectivity index (χ0n) is 12.3. The Balaban J connectivity index is 2.15. The lowest BCUT2D eigenvalue weighted by molar-refractivity contribution is 0.173. The van der Waals surface area contributed by atoms with Crippen molar-refractivity contribution in [3.05, 3.63) is 64.9 Å². The first kappa shape index (κ1) is 15.0. The quantitative estimate of drug-likeness (QED) is 0.777. The molecule has 0 saturated carbocycles. The summed E-state index contributed by atoms with van der Waals surface area (Å²) in [5, 5.41) is 10.4. The number of aromatic nitrogens is 2. The van der Waals surface area contributed by atoms with Crippen LogP contribution in [0.5, 0.6) is 0 Å². The van der Waals surface area contributed by atoms with Crippen molar-refractivity contribution in [2.24, 2.45) is 5.73 Å². The molecular formula is C17H18ClN3O. The van der Waals surface area contributed by atoms with Crippen LogP contribution < -0.4 is 5.73 Å². The highest BCUT2D eigenvalue weighted by Crippen LogP contribution is 2.28. The van der Waals surface area contributed by atoms with Gasteiger partial charge < -0.3 is 15.4 Å². The van der Waals surface area contributed by atoms with Crippen LogP contribution in [0, 0.1) is 0 Å². The maximum absolute atomic E-state index is 9.80. The normalized spacial score (nSPS) is 14.2. The Kier molecular flexibility index (Phi) is 4.16. The van der Waals surface area contributed by atoms with Crippen molar-refractivity contribution in [3.63, 3.8) is 0 Å². The molecule has 2 aromatic carbocycles. The maximum atomic E-state index is 9.80. The molecule has 3 N–H and O–H groups in total. The zero-order chi connectivity index (χ0) is 15.7. The van der Waals surface area contributed by atoms with Gasteiger partial charge in [-0.1, -0.05) is 41.9 Å². The molecule has 0 bridgehead atoms. The summed E-state index contributed by atoms with van der Waals surface area (Å²) in [5.74, 6) is 0.704. The number of nitrogens with zero attached hydrogens (tertiary/aromatic N) is 2. The van der Waals surface area contributed by atoms with Crippen LogP contribution in [0.25, 0.3) is 11.0 Å². The molecule has 1 heterocycles. The fourth-order valence-electron chi connectivity index (χ4n) is 2.65. The number of hydrogen-bond donors (Lipinski definition) is 2. The van der Waals surface area contributed by atoms with Crippen molar-refractivity contribution in [2.75, 3.05) is 0 Å². The number of rotatable bonds is 4. The molecule has 0 saturated heterocycles. The average molecular weight is 316 g/mol. The largest absolute Gasteiger partial charge is 0.392 e. The fraction of sp³-hybridized carbons (Fsp3) is 0.235. The van der Waals surface area contributed by atoms with Gasteiger partial charge in [0.05, 0.1) is 29.7 Å². The van der Waals surface area contributed by atoms with Crippen molar-refractivity contribution >= 4 is 22.6 Å². The van der Waals surface area contributed by atoms with Crippen molar-refractivity contribution in [1.29, 1.82) is 0 Å². The summed E-state index contributed by atoms with van der Waals surface area (Å²) in [6, 6.07) is 14.9. The predicted octanol–water partition coefficient (Wildman–Crippen LogP) is 3.12. The summed E-state index contributed by atoms with van der Waals surface area (Å²) in [5.41, 5.74) is 9.05. The summed E-state index contributed by atoms with van der Waals surface area (Å²) >= 11 is 6.26. The van der Waals surface area contributed by atoms with E-state index in [1.807, 2.05) is 53.1 Å². The lowest BCUT2D eigenvalue weighted by Crippen LogP contribution is -2.21. The van der Waals surface area contributed by atoms with E-state index in [1.54, 1.807) is 6.92 Å². The molecule has 5 heteroatoms. The first-order valence-corrected chi connectivity index (χ1v) is 7.59. The highest BCUT2D eigenvalue weighted by atomic mass is 35.5. The number of aliphatic hydroxyl groups excluding tert-OH is 1. The van der Waals surface area contributed by atoms with E-state index >= 15 is 0 Å². The summed E-state index contributed by atoms with van der Waals surface area (Å²) in [7, 11) is 0. The van der Waals surface area contributed by atoms with Gasteiger partial charge in [0.2, 0.25) is 0 Å². The highest BCUT2D eigenvalue weighted by molar-refractivity contribution is 6.31. The van der Waals surface area contributed by atoms with E-state index in [0.717, 1.165) is 16.6 Å². The molecular weight excluding hydrogens is 298 g/mol. The van der Waals surface area contributed by atoms with E-state index in [2.05, 4.69) is 4.98 Å². The molecule has 2 atom stereocenters. The van der Waals surface area contributed by atoms with E-state index < -0.39 is 12.1 Å². The number of imidazole rings is 1. The Hall–Kier alpha value is -1.88. The molecule has 0 aliphatic rings. The van der Waals surface area contributed by atoms with Gasteiger partial charge in [-0.2, -0.15) is 0 Å². The van der Waals surface area contributed by atoms with Crippen LogP contribution in [0.1, 0.15) is 24.4 Å². The molecule has 0 radical (unpaired) electrons. The number of aliphatic hydroxyl groups is 1. The van der Waals surface area contributed by atoms with Crippen LogP contribution in [0.3, 0.4) is 0 Å². The minimum atomic E-state index is -0.491. The van der Waals surface area contributed by atoms with Gasteiger partial charge in [0, 0.05) is 5.02 Å². The Morgan fingerprint density at radius 1 is 1.18 bits per heavy atom. The molecule has 0 spiro atoms. The van der Waals surface area contributed by atoms with E-state index in [4.69, 9.17) is 17.3 Å². The first-order chi connectivity index (χ1) is 10.6. The molecule has 3 rings (SSSR count). The van der Waals surface area contributed by atoms with Gasteiger partial charge in [0.1, 0.15) is 5.82 Å². The van der Waals surface area contributed by atoms with Crippen LogP contribution in [0.15, 0.2) is 48.5 Å². The number of fused-ring (bicyclic) bond motifs is 1. The van der Waals surface area contributed by atoms with E-state index in [1.165, 1.54) is 0 Å². The second-order valence-corrected chi connectivity index (χ2v) is 5.82. The van der Waals surface area contributed by atoms with Gasteiger partial charge in [-0.3, -0.25) is 0 Å². The van der Waals surface area contributed by atoms with Crippen molar-refractivity contribution in [2.45, 2.75) is 25.6 Å². The van der Waals surface area contributed by atoms with Crippen LogP contribution in [-0.2, 0) is 6.54 Å². The fourth-order valence-corrected chi connectivity index (χ4v) is 2.91. The Morgan fingerprint density at radius 2 is 1.86 bits per heavy atom. The molecule has 3 aromatic rings. The SMILES string of the molecule is CC(O)Cn1c(C(N)c2ccccc2Cl)nc2ccccc21. The topological polar surface area (TPSA) is 64.1 Å². The van der Waals surface area contributed by atoms with E-state index in [0.29, 0.717) is 17.4 Å². The molecule has 0 fully saturated rings. The number of halogens is 1. The lowest BCUT2D eigenvalue weighted by atomic mass is 10.1. The van der Waals surface area contributed by atoms with Crippen LogP contribution in [0.2, 0.25) is 5.02 Å². The minimum absolute atomic E-state index is 0.438. The van der Waals surface area contributed by atoms with Gasteiger partial charge in [0.25, 0.3) is 0 Å². The van der Waals surface area contributed by atoms with Crippen molar-refractivity contribution in [3.8, 4) is 0 Å². The summed E-state index contributed by atoms with van der Waals surface area (Å²) in [4.78, 5) is 4.65. The van der Waals surface area contributed by atoms with Gasteiger partial charge in [-0.05, 0) is 30.7 Å². The maximum Gasteiger partial charge on any atom is 0.131 e. The second-order valence-electron chi connectivity index (χ2n) is 5.42. The monoisotopic (exact) mass is 315 g/mol. The molecule has 2 unspecified atom stereocenters. The smallest absolute Gasteiger partial charge is 0.131 e. The highest BCUT2D eigenvalue weighted by Gasteiger charge is 2.20. The van der Waals surface area contributed by atoms with Crippen molar-refractivity contribution in [1.82, 2.24) is 9.55 Å². The summed E-state index contributed by atoms with van der Waals surface area (Å²) in [6.07, 6.45) is -0.491. The van der Waals surface area contributed by atoms with Gasteiger partial charge >= 0.3 is 0 Å². The molecule has 114 valence electrons. The average Bonchev–Trinajstić information content (AvgIpc) is 2.85. The van der Waals surface area contributed by atoms with Crippen LogP contribution in [0.4, 0.5) is 0 Å². The van der Waals surface area contributed by atoms with Gasteiger partial charge in [-0.25, -0.2) is 4.98 Å². The third-order valence-corrected chi connectivity index (χ3v) is 3.99. The van der Waals surface area contributed by atoms with E-state index in [-0.39, 0.29) is 0 Å². The summed E-state index contributed by atoms with van der Waals surface area (Å²) < 4.78 is 1.97. The number of hydrogen-bond acceptors (Lipinski definition) is 3. The predicted molar refractivity (Wildman–Crippen MR) is 88.9 cm³/mol. The van der Waals surface area contributed by atoms with Crippen molar-refractivity contribution < 1.29 is 5.11 Å². The summed E-state index contributed by atoms with van der Waals surface area (Å²) in [6.45, 7) is 2.19. The number of nitrogens with two attached hydrogens (primary N) is 1. The second kappa shape index (κ2) is 6.08. The zero-order valence-corrected chi connectivity index (χ0v) is 13.0. The first-order valence-electron chi connectivity index (χ1n) is 7.21. The number of benzene rings is 2. The minimum Gasteiger partial charge on any atom is -0.392 e. The molecule has 1 aromatic heterocycles. The molecule has 0 amide bonds. The Labute approximate surface area is 134 Å². The van der Waals surface area contributed by atoms with Gasteiger partial charge in [-0.15, -0.1) is 0 Å². The molecule has 0 aliphatic heterocycles. The Bertz CT molecular complexity index is 797. The van der Waals surface area contributed by atoms with Gasteiger partial charge in [0.15, 0.2) is 0 Å². The van der Waals surface area contributed by atoms with Crippen LogP contribution >= 0.6 is 11.6 Å². The number of para-hydroxylation sites is 2. The van der Waals surface area contributed by atoms with Crippen LogP contribution in [-0.4, -0.2) is 20.8 Å². The Morgan fingerprint density at radius 3 is 2.59 bits per heavy atom. The third-order valence-electron chi connectivity index (χ3n) is 3.65. The lowest BCUT2D eigenvalue weighted by Gasteiger charge is -2.17. The molecule has 0 aliphatic carbocycles. The standard InChI is InChI=1S/C17H18ClN3O/c1-11(22)10-21-15-9-5-4-8-14(15)20-17(21)16(19)12-6-2-3-7-13(12)18/h2-9,11,16,22H,10,19H2,1H3.